The zero-order valence-corrected chi connectivity index (χ0v) is 15.9. The van der Waals surface area contributed by atoms with E-state index in [0.717, 1.165) is 25.7 Å². The molecule has 1 heterocycles. The van der Waals surface area contributed by atoms with Gasteiger partial charge in [0, 0.05) is 22.4 Å². The van der Waals surface area contributed by atoms with Crippen LogP contribution in [0.15, 0.2) is 24.5 Å². The van der Waals surface area contributed by atoms with E-state index >= 15 is 0 Å². The molecular weight excluding hydrogens is 397 g/mol. The number of aromatic nitrogens is 2. The van der Waals surface area contributed by atoms with E-state index < -0.39 is 0 Å². The first kappa shape index (κ1) is 17.7. The van der Waals surface area contributed by atoms with Crippen molar-refractivity contribution in [3.8, 4) is 11.3 Å². The highest BCUT2D eigenvalue weighted by atomic mass is 35.5. The number of benzene rings is 1. The second-order valence-electron chi connectivity index (χ2n) is 6.57. The molecule has 5 nitrogen and oxygen atoms in total. The summed E-state index contributed by atoms with van der Waals surface area (Å²) in [6.07, 6.45) is 6.15. The van der Waals surface area contributed by atoms with Crippen LogP contribution in [0.4, 0.5) is 5.82 Å². The van der Waals surface area contributed by atoms with Crippen molar-refractivity contribution in [3.05, 3.63) is 39.6 Å². The third kappa shape index (κ3) is 3.43. The van der Waals surface area contributed by atoms with Crippen LogP contribution in [0.1, 0.15) is 25.7 Å². The molecule has 2 fully saturated rings. The summed E-state index contributed by atoms with van der Waals surface area (Å²) < 4.78 is 0. The lowest BCUT2D eigenvalue weighted by Gasteiger charge is -2.19. The third-order valence-electron chi connectivity index (χ3n) is 4.43. The fourth-order valence-electron chi connectivity index (χ4n) is 2.68. The highest BCUT2D eigenvalue weighted by Gasteiger charge is 2.42. The number of rotatable bonds is 4. The van der Waals surface area contributed by atoms with Crippen LogP contribution in [-0.2, 0) is 9.59 Å². The van der Waals surface area contributed by atoms with E-state index in [9.17, 15) is 9.59 Å². The van der Waals surface area contributed by atoms with Crippen molar-refractivity contribution in [1.82, 2.24) is 9.97 Å². The van der Waals surface area contributed by atoms with E-state index in [-0.39, 0.29) is 29.5 Å². The molecule has 2 amide bonds. The molecule has 2 aliphatic carbocycles. The Labute approximate surface area is 165 Å². The Kier molecular flexibility index (Phi) is 4.63. The number of amides is 2. The Morgan fingerprint density at radius 2 is 1.54 bits per heavy atom. The van der Waals surface area contributed by atoms with Crippen molar-refractivity contribution in [2.75, 3.05) is 4.90 Å². The number of halogens is 3. The summed E-state index contributed by atoms with van der Waals surface area (Å²) in [4.78, 5) is 34.9. The van der Waals surface area contributed by atoms with Crippen LogP contribution in [0, 0.1) is 11.8 Å². The lowest BCUT2D eigenvalue weighted by Crippen LogP contribution is -2.39. The second-order valence-corrected chi connectivity index (χ2v) is 7.79. The number of hydrogen-bond donors (Lipinski definition) is 0. The molecule has 0 radical (unpaired) electrons. The van der Waals surface area contributed by atoms with Crippen LogP contribution < -0.4 is 4.90 Å². The van der Waals surface area contributed by atoms with Crippen molar-refractivity contribution in [3.63, 3.8) is 0 Å². The summed E-state index contributed by atoms with van der Waals surface area (Å²) in [6.45, 7) is 0. The lowest BCUT2D eigenvalue weighted by atomic mass is 10.1. The van der Waals surface area contributed by atoms with Crippen molar-refractivity contribution in [2.45, 2.75) is 25.7 Å². The molecule has 0 N–H and O–H groups in total. The maximum atomic E-state index is 12.6. The first-order valence-electron chi connectivity index (χ1n) is 8.30. The smallest absolute Gasteiger partial charge is 0.238 e. The number of hydrogen-bond acceptors (Lipinski definition) is 4. The van der Waals surface area contributed by atoms with Crippen LogP contribution in [0.5, 0.6) is 0 Å². The molecule has 0 atom stereocenters. The minimum Gasteiger partial charge on any atom is -0.274 e. The molecule has 134 valence electrons. The van der Waals surface area contributed by atoms with Gasteiger partial charge in [-0.25, -0.2) is 9.88 Å². The van der Waals surface area contributed by atoms with Gasteiger partial charge in [-0.15, -0.1) is 0 Å². The molecule has 2 saturated carbocycles. The summed E-state index contributed by atoms with van der Waals surface area (Å²) in [7, 11) is 0. The average Bonchev–Trinajstić information content (AvgIpc) is 3.49. The molecule has 8 heteroatoms. The number of carbonyl (C=O) groups is 2. The van der Waals surface area contributed by atoms with Gasteiger partial charge < -0.3 is 0 Å². The molecule has 26 heavy (non-hydrogen) atoms. The van der Waals surface area contributed by atoms with Crippen LogP contribution in [0.3, 0.4) is 0 Å². The predicted molar refractivity (Wildman–Crippen MR) is 100 cm³/mol. The Morgan fingerprint density at radius 1 is 0.923 bits per heavy atom. The topological polar surface area (TPSA) is 63.2 Å². The van der Waals surface area contributed by atoms with Crippen molar-refractivity contribution < 1.29 is 9.59 Å². The normalized spacial score (nSPS) is 16.4. The lowest BCUT2D eigenvalue weighted by molar-refractivity contribution is -0.127. The molecule has 2 aromatic rings. The molecule has 2 aliphatic rings. The van der Waals surface area contributed by atoms with E-state index in [4.69, 9.17) is 34.8 Å². The summed E-state index contributed by atoms with van der Waals surface area (Å²) >= 11 is 18.3. The summed E-state index contributed by atoms with van der Waals surface area (Å²) in [5.41, 5.74) is 0.998. The van der Waals surface area contributed by atoms with Crippen molar-refractivity contribution >= 4 is 52.4 Å². The van der Waals surface area contributed by atoms with Crippen LogP contribution >= 0.6 is 34.8 Å². The maximum absolute atomic E-state index is 12.6. The zero-order valence-electron chi connectivity index (χ0n) is 13.6. The SMILES string of the molecule is O=C(C1CC1)N(C(=O)C1CC1)c1cnc(-c2cc(Cl)cc(Cl)c2Cl)cn1. The van der Waals surface area contributed by atoms with Gasteiger partial charge in [0.05, 0.1) is 28.1 Å². The van der Waals surface area contributed by atoms with Gasteiger partial charge in [0.2, 0.25) is 11.8 Å². The monoisotopic (exact) mass is 409 g/mol. The largest absolute Gasteiger partial charge is 0.274 e. The predicted octanol–water partition coefficient (Wildman–Crippen LogP) is 4.78. The summed E-state index contributed by atoms with van der Waals surface area (Å²) in [6, 6.07) is 3.18. The van der Waals surface area contributed by atoms with Gasteiger partial charge in [-0.3, -0.25) is 14.6 Å². The van der Waals surface area contributed by atoms with Gasteiger partial charge >= 0.3 is 0 Å². The number of nitrogens with zero attached hydrogens (tertiary/aromatic N) is 3. The first-order chi connectivity index (χ1) is 12.5. The first-order valence-corrected chi connectivity index (χ1v) is 9.44. The molecule has 0 aliphatic heterocycles. The summed E-state index contributed by atoms with van der Waals surface area (Å²) in [5.74, 6) is -0.298. The number of anilines is 1. The quantitative estimate of drug-likeness (QED) is 0.537. The molecule has 0 saturated heterocycles. The average molecular weight is 411 g/mol. The van der Waals surface area contributed by atoms with E-state index in [0.29, 0.717) is 26.3 Å². The molecule has 0 bridgehead atoms. The fraction of sp³-hybridized carbons (Fsp3) is 0.333. The molecule has 0 unspecified atom stereocenters. The number of carbonyl (C=O) groups excluding carboxylic acids is 2. The highest BCUT2D eigenvalue weighted by Crippen LogP contribution is 2.38. The van der Waals surface area contributed by atoms with Gasteiger partial charge in [-0.2, -0.15) is 0 Å². The molecule has 1 aromatic carbocycles. The standard InChI is InChI=1S/C18H14Cl3N3O2/c19-11-5-12(16(21)13(20)6-11)14-7-23-15(8-22-14)24(17(25)9-1-2-9)18(26)10-3-4-10/h5-10H,1-4H2. The Bertz CT molecular complexity index is 869. The number of imide groups is 1. The van der Waals surface area contributed by atoms with Gasteiger partial charge in [-0.05, 0) is 37.8 Å². The van der Waals surface area contributed by atoms with Gasteiger partial charge in [0.1, 0.15) is 0 Å². The minimum absolute atomic E-state index is 0.0830. The van der Waals surface area contributed by atoms with Gasteiger partial charge in [-0.1, -0.05) is 34.8 Å². The highest BCUT2D eigenvalue weighted by molar-refractivity contribution is 6.45. The Balaban J connectivity index is 1.67. The van der Waals surface area contributed by atoms with Crippen LogP contribution in [-0.4, -0.2) is 21.8 Å². The third-order valence-corrected chi connectivity index (χ3v) is 5.45. The zero-order chi connectivity index (χ0) is 18.4. The van der Waals surface area contributed by atoms with Crippen LogP contribution in [0.2, 0.25) is 15.1 Å². The van der Waals surface area contributed by atoms with Gasteiger partial charge in [0.25, 0.3) is 0 Å². The Morgan fingerprint density at radius 3 is 2.04 bits per heavy atom. The van der Waals surface area contributed by atoms with E-state index in [1.54, 1.807) is 12.1 Å². The minimum atomic E-state index is -0.187. The fourth-order valence-corrected chi connectivity index (χ4v) is 3.38. The van der Waals surface area contributed by atoms with E-state index in [2.05, 4.69) is 9.97 Å². The summed E-state index contributed by atoms with van der Waals surface area (Å²) in [5, 5.41) is 1.06. The Hall–Kier alpha value is -1.69. The molecule has 0 spiro atoms. The molecular formula is C18H14Cl3N3O2. The van der Waals surface area contributed by atoms with Gasteiger partial charge in [0.15, 0.2) is 5.82 Å². The molecule has 4 rings (SSSR count). The van der Waals surface area contributed by atoms with Crippen LogP contribution in [0.25, 0.3) is 11.3 Å². The second kappa shape index (κ2) is 6.80. The maximum Gasteiger partial charge on any atom is 0.238 e. The van der Waals surface area contributed by atoms with E-state index in [1.807, 2.05) is 0 Å². The molecule has 1 aromatic heterocycles. The van der Waals surface area contributed by atoms with E-state index in [1.165, 1.54) is 17.3 Å². The van der Waals surface area contributed by atoms with Crippen molar-refractivity contribution in [2.24, 2.45) is 11.8 Å². The van der Waals surface area contributed by atoms with Crippen molar-refractivity contribution in [1.29, 1.82) is 0 Å².